The molecule has 0 heterocycles. The second-order valence-corrected chi connectivity index (χ2v) is 5.35. The number of unbranched alkanes of at least 4 members (excludes halogenated alkanes) is 1. The average Bonchev–Trinajstić information content (AvgIpc) is 2.29. The Bertz CT molecular complexity index is 266. The number of carbonyl (C=O) groups is 1. The summed E-state index contributed by atoms with van der Waals surface area (Å²) in [6.07, 6.45) is 8.59. The van der Waals surface area contributed by atoms with Crippen LogP contribution in [0.15, 0.2) is 24.3 Å². The molecule has 0 aliphatic heterocycles. The molecule has 0 aromatic rings. The van der Waals surface area contributed by atoms with E-state index >= 15 is 0 Å². The molecule has 0 saturated heterocycles. The molecule has 0 aliphatic carbocycles. The van der Waals surface area contributed by atoms with Gasteiger partial charge in [-0.2, -0.15) is 0 Å². The van der Waals surface area contributed by atoms with Gasteiger partial charge in [-0.15, -0.1) is 0 Å². The monoisotopic (exact) mass is 267 g/mol. The summed E-state index contributed by atoms with van der Waals surface area (Å²) in [6, 6.07) is 0. The molecule has 19 heavy (non-hydrogen) atoms. The van der Waals surface area contributed by atoms with Gasteiger partial charge >= 0.3 is 0 Å². The zero-order chi connectivity index (χ0) is 15.3. The van der Waals surface area contributed by atoms with Gasteiger partial charge in [0.25, 0.3) is 0 Å². The van der Waals surface area contributed by atoms with Crippen LogP contribution in [0.2, 0.25) is 0 Å². The third kappa shape index (κ3) is 17.1. The summed E-state index contributed by atoms with van der Waals surface area (Å²) >= 11 is 0. The standard InChI is InChI=1S/C9H19NO.C8H14/c1-5-9(8(2)11)6-7-10(3)4;1-4-5-6-7-8(2)3/h9H,5-7H2,1-4H3;6-7H,2,4-5H2,1,3H3/b;7-6-. The van der Waals surface area contributed by atoms with E-state index in [0.717, 1.165) is 25.0 Å². The van der Waals surface area contributed by atoms with Crippen molar-refractivity contribution in [3.63, 3.8) is 0 Å². The normalized spacial score (nSPS) is 12.2. The SMILES string of the molecule is C=C(C)/C=C\CCC.CCC(CCN(C)C)C(C)=O. The molecule has 0 aromatic carbocycles. The van der Waals surface area contributed by atoms with Crippen molar-refractivity contribution in [2.24, 2.45) is 5.92 Å². The van der Waals surface area contributed by atoms with Crippen molar-refractivity contribution in [2.45, 2.75) is 53.4 Å². The summed E-state index contributed by atoms with van der Waals surface area (Å²) in [6.45, 7) is 12.7. The first-order valence-corrected chi connectivity index (χ1v) is 7.32. The van der Waals surface area contributed by atoms with Gasteiger partial charge in [-0.1, -0.05) is 44.6 Å². The molecule has 0 saturated carbocycles. The third-order valence-electron chi connectivity index (χ3n) is 2.85. The van der Waals surface area contributed by atoms with Crippen LogP contribution < -0.4 is 0 Å². The van der Waals surface area contributed by atoms with Gasteiger partial charge in [-0.05, 0) is 53.8 Å². The highest BCUT2D eigenvalue weighted by atomic mass is 16.1. The molecule has 0 N–H and O–H groups in total. The van der Waals surface area contributed by atoms with Crippen LogP contribution in [0, 0.1) is 5.92 Å². The van der Waals surface area contributed by atoms with Gasteiger partial charge in [0.15, 0.2) is 0 Å². The summed E-state index contributed by atoms with van der Waals surface area (Å²) in [4.78, 5) is 13.1. The lowest BCUT2D eigenvalue weighted by atomic mass is 9.98. The smallest absolute Gasteiger partial charge is 0.132 e. The molecule has 0 amide bonds. The lowest BCUT2D eigenvalue weighted by Gasteiger charge is -2.14. The van der Waals surface area contributed by atoms with E-state index in [1.54, 1.807) is 6.92 Å². The minimum atomic E-state index is 0.275. The van der Waals surface area contributed by atoms with Crippen molar-refractivity contribution >= 4 is 5.78 Å². The molecular weight excluding hydrogens is 234 g/mol. The quantitative estimate of drug-likeness (QED) is 0.605. The van der Waals surface area contributed by atoms with E-state index in [9.17, 15) is 4.79 Å². The topological polar surface area (TPSA) is 20.3 Å². The Kier molecular flexibility index (Phi) is 14.6. The number of hydrogen-bond donors (Lipinski definition) is 0. The van der Waals surface area contributed by atoms with Crippen LogP contribution in [0.25, 0.3) is 0 Å². The highest BCUT2D eigenvalue weighted by molar-refractivity contribution is 5.78. The Morgan fingerprint density at radius 2 is 1.84 bits per heavy atom. The van der Waals surface area contributed by atoms with Crippen molar-refractivity contribution in [2.75, 3.05) is 20.6 Å². The Hall–Kier alpha value is -0.890. The first-order valence-electron chi connectivity index (χ1n) is 7.32. The zero-order valence-electron chi connectivity index (χ0n) is 13.8. The highest BCUT2D eigenvalue weighted by Gasteiger charge is 2.10. The lowest BCUT2D eigenvalue weighted by Crippen LogP contribution is -2.19. The fraction of sp³-hybridized carbons (Fsp3) is 0.706. The Morgan fingerprint density at radius 3 is 2.16 bits per heavy atom. The molecule has 0 bridgehead atoms. The molecule has 112 valence electrons. The fourth-order valence-corrected chi connectivity index (χ4v) is 1.56. The lowest BCUT2D eigenvalue weighted by molar-refractivity contribution is -0.121. The van der Waals surface area contributed by atoms with Crippen LogP contribution in [0.3, 0.4) is 0 Å². The first-order chi connectivity index (χ1) is 8.84. The van der Waals surface area contributed by atoms with E-state index < -0.39 is 0 Å². The summed E-state index contributed by atoms with van der Waals surface area (Å²) in [5.74, 6) is 0.603. The second kappa shape index (κ2) is 13.5. The predicted octanol–water partition coefficient (Wildman–Crippen LogP) is 4.47. The second-order valence-electron chi connectivity index (χ2n) is 5.35. The number of carbonyl (C=O) groups excluding carboxylic acids is 1. The first kappa shape index (κ1) is 20.4. The number of hydrogen-bond acceptors (Lipinski definition) is 2. The van der Waals surface area contributed by atoms with Crippen LogP contribution in [-0.4, -0.2) is 31.3 Å². The molecule has 2 heteroatoms. The number of ketones is 1. The van der Waals surface area contributed by atoms with Crippen molar-refractivity contribution in [3.05, 3.63) is 24.3 Å². The minimum absolute atomic E-state index is 0.275. The van der Waals surface area contributed by atoms with Crippen LogP contribution >= 0.6 is 0 Å². The molecule has 0 aliphatic rings. The van der Waals surface area contributed by atoms with Gasteiger partial charge in [0.2, 0.25) is 0 Å². The molecule has 0 aromatic heterocycles. The van der Waals surface area contributed by atoms with Crippen LogP contribution in [0.4, 0.5) is 0 Å². The molecule has 0 fully saturated rings. The van der Waals surface area contributed by atoms with Gasteiger partial charge in [0.05, 0.1) is 0 Å². The molecule has 0 radical (unpaired) electrons. The molecule has 2 nitrogen and oxygen atoms in total. The largest absolute Gasteiger partial charge is 0.309 e. The van der Waals surface area contributed by atoms with Crippen LogP contribution in [-0.2, 0) is 4.79 Å². The van der Waals surface area contributed by atoms with E-state index in [0.29, 0.717) is 5.78 Å². The van der Waals surface area contributed by atoms with Crippen molar-refractivity contribution < 1.29 is 4.79 Å². The third-order valence-corrected chi connectivity index (χ3v) is 2.85. The van der Waals surface area contributed by atoms with Gasteiger partial charge in [0.1, 0.15) is 5.78 Å². The Morgan fingerprint density at radius 1 is 1.26 bits per heavy atom. The number of rotatable bonds is 8. The maximum Gasteiger partial charge on any atom is 0.132 e. The maximum atomic E-state index is 11.0. The van der Waals surface area contributed by atoms with Crippen LogP contribution in [0.5, 0.6) is 0 Å². The van der Waals surface area contributed by atoms with Crippen molar-refractivity contribution in [1.82, 2.24) is 4.90 Å². The maximum absolute atomic E-state index is 11.0. The summed E-state index contributed by atoms with van der Waals surface area (Å²) in [7, 11) is 4.07. The van der Waals surface area contributed by atoms with Crippen molar-refractivity contribution in [3.8, 4) is 0 Å². The molecule has 1 unspecified atom stereocenters. The van der Waals surface area contributed by atoms with E-state index in [4.69, 9.17) is 0 Å². The van der Waals surface area contributed by atoms with E-state index in [1.807, 2.05) is 21.0 Å². The van der Waals surface area contributed by atoms with Gasteiger partial charge < -0.3 is 4.90 Å². The summed E-state index contributed by atoms with van der Waals surface area (Å²) < 4.78 is 0. The van der Waals surface area contributed by atoms with Gasteiger partial charge in [0, 0.05) is 5.92 Å². The van der Waals surface area contributed by atoms with E-state index in [-0.39, 0.29) is 5.92 Å². The minimum Gasteiger partial charge on any atom is -0.309 e. The zero-order valence-corrected chi connectivity index (χ0v) is 13.8. The fourth-order valence-electron chi connectivity index (χ4n) is 1.56. The molecule has 1 atom stereocenters. The summed E-state index contributed by atoms with van der Waals surface area (Å²) in [5, 5.41) is 0. The number of nitrogens with zero attached hydrogens (tertiary/aromatic N) is 1. The predicted molar refractivity (Wildman–Crippen MR) is 86.5 cm³/mol. The van der Waals surface area contributed by atoms with Gasteiger partial charge in [-0.3, -0.25) is 4.79 Å². The number of allylic oxidation sites excluding steroid dienone is 3. The van der Waals surface area contributed by atoms with Crippen LogP contribution in [0.1, 0.15) is 53.4 Å². The molecular formula is C17H33NO. The molecule has 0 spiro atoms. The summed E-state index contributed by atoms with van der Waals surface area (Å²) in [5.41, 5.74) is 1.14. The molecule has 0 rings (SSSR count). The Balaban J connectivity index is 0. The van der Waals surface area contributed by atoms with E-state index in [2.05, 4.69) is 37.5 Å². The number of Topliss-reactive ketones (excluding diaryl/α,β-unsaturated/α-hetero) is 1. The highest BCUT2D eigenvalue weighted by Crippen LogP contribution is 2.09. The average molecular weight is 267 g/mol. The van der Waals surface area contributed by atoms with E-state index in [1.165, 1.54) is 12.8 Å². The van der Waals surface area contributed by atoms with Crippen molar-refractivity contribution in [1.29, 1.82) is 0 Å². The Labute approximate surface area is 120 Å². The van der Waals surface area contributed by atoms with Gasteiger partial charge in [-0.25, -0.2) is 0 Å².